The van der Waals surface area contributed by atoms with Crippen LogP contribution in [0.3, 0.4) is 0 Å². The van der Waals surface area contributed by atoms with Crippen LogP contribution in [0.4, 0.5) is 5.69 Å². The Morgan fingerprint density at radius 3 is 2.92 bits per heavy atom. The van der Waals surface area contributed by atoms with Crippen LogP contribution in [0.5, 0.6) is 0 Å². The molecule has 1 aromatic carbocycles. The minimum atomic E-state index is 0.213. The number of fused-ring (bicyclic) bond motifs is 4. The summed E-state index contributed by atoms with van der Waals surface area (Å²) in [6, 6.07) is 2.40. The lowest BCUT2D eigenvalue weighted by Crippen LogP contribution is -2.39. The summed E-state index contributed by atoms with van der Waals surface area (Å²) in [6.07, 6.45) is 15.5. The van der Waals surface area contributed by atoms with E-state index in [0.717, 1.165) is 28.6 Å². The van der Waals surface area contributed by atoms with Gasteiger partial charge in [-0.3, -0.25) is 0 Å². The molecule has 1 aliphatic carbocycles. The quantitative estimate of drug-likeness (QED) is 0.489. The highest BCUT2D eigenvalue weighted by Gasteiger charge is 2.39. The van der Waals surface area contributed by atoms with Crippen molar-refractivity contribution < 1.29 is 0 Å². The molecule has 2 heterocycles. The van der Waals surface area contributed by atoms with E-state index >= 15 is 0 Å². The predicted octanol–water partition coefficient (Wildman–Crippen LogP) is 4.53. The molecule has 3 unspecified atom stereocenters. The maximum Gasteiger partial charge on any atom is 0.119 e. The number of allylic oxidation sites excluding steroid dienone is 5. The number of aromatic amines is 1. The summed E-state index contributed by atoms with van der Waals surface area (Å²) in [5, 5.41) is 3.70. The average molecular weight is 343 g/mol. The molecular weight excluding hydrogens is 317 g/mol. The van der Waals surface area contributed by atoms with E-state index in [2.05, 4.69) is 58.3 Å². The zero-order valence-corrected chi connectivity index (χ0v) is 15.8. The van der Waals surface area contributed by atoms with Crippen LogP contribution in [0.25, 0.3) is 11.0 Å². The lowest BCUT2D eigenvalue weighted by atomic mass is 9.74. The minimum absolute atomic E-state index is 0.213. The molecule has 2 N–H and O–H groups in total. The zero-order chi connectivity index (χ0) is 18.7. The SMILES string of the molecule is CC.[B]c1c2c(cc3[nH]cnc13)C1C=CCC1C(C(/C=C\C)=C/C=C)N2. The van der Waals surface area contributed by atoms with Gasteiger partial charge in [0.2, 0.25) is 0 Å². The molecule has 0 bridgehead atoms. The molecule has 2 radical (unpaired) electrons. The van der Waals surface area contributed by atoms with Crippen molar-refractivity contribution in [3.8, 4) is 0 Å². The van der Waals surface area contributed by atoms with Crippen molar-refractivity contribution in [1.82, 2.24) is 9.97 Å². The molecule has 0 spiro atoms. The van der Waals surface area contributed by atoms with Gasteiger partial charge in [-0.25, -0.2) is 4.98 Å². The van der Waals surface area contributed by atoms with Crippen LogP contribution in [-0.4, -0.2) is 23.9 Å². The maximum atomic E-state index is 6.45. The van der Waals surface area contributed by atoms with Gasteiger partial charge in [0.1, 0.15) is 7.85 Å². The molecule has 4 heteroatoms. The van der Waals surface area contributed by atoms with E-state index < -0.39 is 0 Å². The largest absolute Gasteiger partial charge is 0.378 e. The first-order valence-corrected chi connectivity index (χ1v) is 9.38. The summed E-state index contributed by atoms with van der Waals surface area (Å²) < 4.78 is 0. The Kier molecular flexibility index (Phi) is 5.50. The Morgan fingerprint density at radius 1 is 1.38 bits per heavy atom. The number of hydrogen-bond donors (Lipinski definition) is 2. The molecular formula is C22H26BN3. The van der Waals surface area contributed by atoms with Crippen molar-refractivity contribution in [2.75, 3.05) is 5.32 Å². The van der Waals surface area contributed by atoms with E-state index in [1.165, 1.54) is 11.1 Å². The molecule has 0 saturated carbocycles. The molecule has 2 aliphatic rings. The zero-order valence-electron chi connectivity index (χ0n) is 15.8. The number of hydrogen-bond acceptors (Lipinski definition) is 2. The third-order valence-corrected chi connectivity index (χ3v) is 5.11. The van der Waals surface area contributed by atoms with Crippen molar-refractivity contribution in [2.45, 2.75) is 39.2 Å². The van der Waals surface area contributed by atoms with Gasteiger partial charge in [0, 0.05) is 11.6 Å². The lowest BCUT2D eigenvalue weighted by Gasteiger charge is -2.39. The Morgan fingerprint density at radius 2 is 2.19 bits per heavy atom. The molecule has 3 nitrogen and oxygen atoms in total. The number of nitrogens with one attached hydrogen (secondary N) is 2. The third-order valence-electron chi connectivity index (χ3n) is 5.11. The molecule has 1 aliphatic heterocycles. The van der Waals surface area contributed by atoms with E-state index in [1.807, 2.05) is 26.8 Å². The van der Waals surface area contributed by atoms with Gasteiger partial charge in [0.25, 0.3) is 0 Å². The Labute approximate surface area is 157 Å². The summed E-state index contributed by atoms with van der Waals surface area (Å²) >= 11 is 0. The van der Waals surface area contributed by atoms with Crippen molar-refractivity contribution in [3.05, 3.63) is 66.6 Å². The van der Waals surface area contributed by atoms with Gasteiger partial charge in [-0.05, 0) is 41.9 Å². The second-order valence-corrected chi connectivity index (χ2v) is 6.43. The van der Waals surface area contributed by atoms with Crippen molar-refractivity contribution in [3.63, 3.8) is 0 Å². The number of nitrogens with zero attached hydrogens (tertiary/aromatic N) is 1. The van der Waals surface area contributed by atoms with Gasteiger partial charge < -0.3 is 10.3 Å². The lowest BCUT2D eigenvalue weighted by molar-refractivity contribution is 0.455. The second-order valence-electron chi connectivity index (χ2n) is 6.43. The van der Waals surface area contributed by atoms with E-state index in [1.54, 1.807) is 6.33 Å². The summed E-state index contributed by atoms with van der Waals surface area (Å²) in [5.41, 5.74) is 6.08. The highest BCUT2D eigenvalue weighted by Crippen LogP contribution is 2.46. The van der Waals surface area contributed by atoms with E-state index in [-0.39, 0.29) is 6.04 Å². The van der Waals surface area contributed by atoms with Crippen molar-refractivity contribution in [2.24, 2.45) is 5.92 Å². The van der Waals surface area contributed by atoms with E-state index in [4.69, 9.17) is 7.85 Å². The third kappa shape index (κ3) is 2.94. The normalized spacial score (nSPS) is 24.0. The monoisotopic (exact) mass is 343 g/mol. The van der Waals surface area contributed by atoms with Crippen LogP contribution in [0.1, 0.15) is 38.7 Å². The van der Waals surface area contributed by atoms with Gasteiger partial charge in [-0.15, -0.1) is 0 Å². The Bertz CT molecular complexity index is 888. The fraction of sp³-hybridized carbons (Fsp3) is 0.318. The topological polar surface area (TPSA) is 40.7 Å². The van der Waals surface area contributed by atoms with Crippen molar-refractivity contribution in [1.29, 1.82) is 0 Å². The summed E-state index contributed by atoms with van der Waals surface area (Å²) in [7, 11) is 6.45. The van der Waals surface area contributed by atoms with Crippen LogP contribution < -0.4 is 10.8 Å². The fourth-order valence-corrected chi connectivity index (χ4v) is 4.09. The Hall–Kier alpha value is -2.49. The van der Waals surface area contributed by atoms with Gasteiger partial charge in [0.05, 0.1) is 23.4 Å². The fourth-order valence-electron chi connectivity index (χ4n) is 4.09. The van der Waals surface area contributed by atoms with Crippen LogP contribution in [0.15, 0.2) is 61.0 Å². The summed E-state index contributed by atoms with van der Waals surface area (Å²) in [4.78, 5) is 7.56. The molecule has 0 amide bonds. The first kappa shape index (κ1) is 18.3. The molecule has 1 aromatic heterocycles. The standard InChI is InChI=1S/C20H20BN3.C2H6/c1-3-6-12(7-4-2)18-14-9-5-8-13(14)15-10-16-20(23-11-22-16)17(21)19(15)24-18;1-2/h3-8,10-11,13-14,18,24H,1,9H2,2H3,(H,22,23);1-2H3/b7-4-,12-6+;. The minimum Gasteiger partial charge on any atom is -0.378 e. The van der Waals surface area contributed by atoms with Gasteiger partial charge >= 0.3 is 0 Å². The number of anilines is 1. The van der Waals surface area contributed by atoms with Gasteiger partial charge in [-0.2, -0.15) is 0 Å². The van der Waals surface area contributed by atoms with Crippen molar-refractivity contribution >= 4 is 30.0 Å². The number of H-pyrrole nitrogens is 1. The van der Waals surface area contributed by atoms with E-state index in [9.17, 15) is 0 Å². The highest BCUT2D eigenvalue weighted by atomic mass is 15.0. The number of rotatable bonds is 3. The van der Waals surface area contributed by atoms with Crippen LogP contribution in [-0.2, 0) is 0 Å². The molecule has 26 heavy (non-hydrogen) atoms. The average Bonchev–Trinajstić information content (AvgIpc) is 3.32. The molecule has 4 rings (SSSR count). The number of aromatic nitrogens is 2. The first-order valence-electron chi connectivity index (χ1n) is 9.38. The predicted molar refractivity (Wildman–Crippen MR) is 113 cm³/mol. The highest BCUT2D eigenvalue weighted by molar-refractivity contribution is 6.42. The maximum absolute atomic E-state index is 6.45. The summed E-state index contributed by atoms with van der Waals surface area (Å²) in [6.45, 7) is 9.91. The van der Waals surface area contributed by atoms with Crippen LogP contribution in [0, 0.1) is 5.92 Å². The number of imidazole rings is 1. The van der Waals surface area contributed by atoms with Crippen LogP contribution in [0.2, 0.25) is 0 Å². The van der Waals surface area contributed by atoms with Gasteiger partial charge in [0.15, 0.2) is 0 Å². The van der Waals surface area contributed by atoms with Gasteiger partial charge in [-0.1, -0.05) is 56.9 Å². The number of benzene rings is 1. The molecule has 0 fully saturated rings. The molecule has 132 valence electrons. The van der Waals surface area contributed by atoms with E-state index in [0.29, 0.717) is 11.8 Å². The molecule has 0 saturated heterocycles. The summed E-state index contributed by atoms with van der Waals surface area (Å²) in [5.74, 6) is 0.861. The molecule has 2 aromatic rings. The Balaban J connectivity index is 0.000000948. The second kappa shape index (κ2) is 7.82. The molecule has 3 atom stereocenters. The smallest absolute Gasteiger partial charge is 0.119 e. The van der Waals surface area contributed by atoms with Crippen LogP contribution >= 0.6 is 0 Å². The first-order chi connectivity index (χ1) is 12.7.